The molecule has 1 nitrogen and oxygen atoms in total. The van der Waals surface area contributed by atoms with Gasteiger partial charge in [0.1, 0.15) is 5.75 Å². The summed E-state index contributed by atoms with van der Waals surface area (Å²) in [5.41, 5.74) is 2.09. The van der Waals surface area contributed by atoms with Gasteiger partial charge in [0.2, 0.25) is 0 Å². The van der Waals surface area contributed by atoms with Crippen LogP contribution in [-0.2, 0) is 0 Å². The van der Waals surface area contributed by atoms with Gasteiger partial charge in [0.25, 0.3) is 0 Å². The van der Waals surface area contributed by atoms with Gasteiger partial charge >= 0.3 is 0 Å². The Labute approximate surface area is 129 Å². The lowest BCUT2D eigenvalue weighted by molar-refractivity contribution is 0.414. The van der Waals surface area contributed by atoms with Crippen molar-refractivity contribution in [3.8, 4) is 5.75 Å². The Morgan fingerprint density at radius 1 is 0.857 bits per heavy atom. The number of methoxy groups -OCH3 is 1. The first-order valence-corrected chi connectivity index (χ1v) is 7.14. The Balaban J connectivity index is 1.94. The fourth-order valence-corrected chi connectivity index (χ4v) is 2.45. The number of fused-ring (bicyclic) bond motifs is 1. The molecule has 0 fully saturated rings. The van der Waals surface area contributed by atoms with Gasteiger partial charge in [-0.05, 0) is 46.2 Å². The largest absolute Gasteiger partial charge is 0.497 e. The van der Waals surface area contributed by atoms with Crippen molar-refractivity contribution in [2.24, 2.45) is 0 Å². The van der Waals surface area contributed by atoms with Crippen molar-refractivity contribution in [3.05, 3.63) is 76.8 Å². The lowest BCUT2D eigenvalue weighted by Gasteiger charge is -2.03. The van der Waals surface area contributed by atoms with E-state index in [0.717, 1.165) is 16.9 Å². The molecule has 0 saturated carbocycles. The smallest absolute Gasteiger partial charge is 0.119 e. The van der Waals surface area contributed by atoms with Crippen LogP contribution in [-0.4, -0.2) is 7.11 Å². The van der Waals surface area contributed by atoms with Crippen molar-refractivity contribution in [2.75, 3.05) is 7.11 Å². The zero-order valence-corrected chi connectivity index (χ0v) is 12.5. The molecule has 0 amide bonds. The number of rotatable bonds is 3. The van der Waals surface area contributed by atoms with E-state index in [-0.39, 0.29) is 0 Å². The van der Waals surface area contributed by atoms with Crippen LogP contribution in [0.2, 0.25) is 5.02 Å². The topological polar surface area (TPSA) is 9.23 Å². The molecule has 0 aliphatic rings. The summed E-state index contributed by atoms with van der Waals surface area (Å²) in [5, 5.41) is 3.19. The Hall–Kier alpha value is -2.25. The van der Waals surface area contributed by atoms with Crippen LogP contribution in [0.1, 0.15) is 11.1 Å². The Kier molecular flexibility index (Phi) is 3.94. The van der Waals surface area contributed by atoms with Gasteiger partial charge in [-0.25, -0.2) is 0 Å². The Morgan fingerprint density at radius 2 is 1.67 bits per heavy atom. The predicted octanol–water partition coefficient (Wildman–Crippen LogP) is 5.67. The van der Waals surface area contributed by atoms with E-state index < -0.39 is 0 Å². The van der Waals surface area contributed by atoms with Gasteiger partial charge in [-0.15, -0.1) is 0 Å². The zero-order valence-electron chi connectivity index (χ0n) is 11.7. The molecular weight excluding hydrogens is 280 g/mol. The molecule has 0 N–H and O–H groups in total. The molecule has 104 valence electrons. The molecule has 3 rings (SSSR count). The molecule has 0 bridgehead atoms. The standard InChI is InChI=1S/C19H15ClO/c1-21-18-10-11-19(20)17(13-18)9-7-14-6-8-15-4-2-3-5-16(15)12-14/h2-13H,1H3/b9-7+. The molecule has 0 aliphatic heterocycles. The van der Waals surface area contributed by atoms with Gasteiger partial charge < -0.3 is 4.74 Å². The van der Waals surface area contributed by atoms with Crippen LogP contribution < -0.4 is 4.74 Å². The van der Waals surface area contributed by atoms with Gasteiger partial charge in [-0.1, -0.05) is 60.2 Å². The van der Waals surface area contributed by atoms with Crippen molar-refractivity contribution in [1.82, 2.24) is 0 Å². The van der Waals surface area contributed by atoms with Gasteiger partial charge in [0.15, 0.2) is 0 Å². The SMILES string of the molecule is COc1ccc(Cl)c(/C=C/c2ccc3ccccc3c2)c1. The second-order valence-electron chi connectivity index (χ2n) is 4.83. The minimum absolute atomic E-state index is 0.716. The van der Waals surface area contributed by atoms with Crippen LogP contribution in [0.3, 0.4) is 0 Å². The highest BCUT2D eigenvalue weighted by atomic mass is 35.5. The average molecular weight is 295 g/mol. The maximum absolute atomic E-state index is 6.21. The quantitative estimate of drug-likeness (QED) is 0.565. The highest BCUT2D eigenvalue weighted by molar-refractivity contribution is 6.32. The summed E-state index contributed by atoms with van der Waals surface area (Å²) in [4.78, 5) is 0. The molecule has 0 atom stereocenters. The van der Waals surface area contributed by atoms with Crippen LogP contribution in [0.4, 0.5) is 0 Å². The summed E-state index contributed by atoms with van der Waals surface area (Å²) >= 11 is 6.21. The van der Waals surface area contributed by atoms with E-state index in [2.05, 4.69) is 42.5 Å². The number of hydrogen-bond donors (Lipinski definition) is 0. The molecule has 0 aromatic heterocycles. The molecule has 21 heavy (non-hydrogen) atoms. The first-order chi connectivity index (χ1) is 10.3. The maximum Gasteiger partial charge on any atom is 0.119 e. The van der Waals surface area contributed by atoms with E-state index in [4.69, 9.17) is 16.3 Å². The summed E-state index contributed by atoms with van der Waals surface area (Å²) in [6.07, 6.45) is 4.07. The van der Waals surface area contributed by atoms with E-state index in [0.29, 0.717) is 5.02 Å². The Morgan fingerprint density at radius 3 is 2.48 bits per heavy atom. The van der Waals surface area contributed by atoms with E-state index >= 15 is 0 Å². The summed E-state index contributed by atoms with van der Waals surface area (Å²) in [7, 11) is 1.65. The minimum Gasteiger partial charge on any atom is -0.497 e. The molecule has 0 spiro atoms. The van der Waals surface area contributed by atoms with Gasteiger partial charge in [0.05, 0.1) is 7.11 Å². The second kappa shape index (κ2) is 6.02. The van der Waals surface area contributed by atoms with Crippen LogP contribution in [0.15, 0.2) is 60.7 Å². The predicted molar refractivity (Wildman–Crippen MR) is 90.9 cm³/mol. The number of hydrogen-bond acceptors (Lipinski definition) is 1. The number of halogens is 1. The van der Waals surface area contributed by atoms with Crippen LogP contribution >= 0.6 is 11.6 Å². The monoisotopic (exact) mass is 294 g/mol. The van der Waals surface area contributed by atoms with Crippen LogP contribution in [0.5, 0.6) is 5.75 Å². The number of ether oxygens (including phenoxy) is 1. The van der Waals surface area contributed by atoms with E-state index in [9.17, 15) is 0 Å². The van der Waals surface area contributed by atoms with Crippen molar-refractivity contribution in [2.45, 2.75) is 0 Å². The maximum atomic E-state index is 6.21. The fourth-order valence-electron chi connectivity index (χ4n) is 2.27. The third kappa shape index (κ3) is 3.09. The normalized spacial score (nSPS) is 11.1. The van der Waals surface area contributed by atoms with Crippen LogP contribution in [0, 0.1) is 0 Å². The summed E-state index contributed by atoms with van der Waals surface area (Å²) < 4.78 is 5.23. The summed E-state index contributed by atoms with van der Waals surface area (Å²) in [6, 6.07) is 20.4. The van der Waals surface area contributed by atoms with E-state index in [1.54, 1.807) is 7.11 Å². The summed E-state index contributed by atoms with van der Waals surface area (Å²) in [5.74, 6) is 0.803. The van der Waals surface area contributed by atoms with Gasteiger partial charge in [-0.3, -0.25) is 0 Å². The molecule has 0 heterocycles. The lowest BCUT2D eigenvalue weighted by atomic mass is 10.1. The highest BCUT2D eigenvalue weighted by Gasteiger charge is 1.99. The average Bonchev–Trinajstić information content (AvgIpc) is 2.54. The molecule has 0 unspecified atom stereocenters. The first kappa shape index (κ1) is 13.7. The van der Waals surface area contributed by atoms with Crippen LogP contribution in [0.25, 0.3) is 22.9 Å². The Bertz CT molecular complexity index is 806. The van der Waals surface area contributed by atoms with Crippen molar-refractivity contribution < 1.29 is 4.74 Å². The number of benzene rings is 3. The molecule has 0 radical (unpaired) electrons. The molecular formula is C19H15ClO. The molecule has 0 saturated heterocycles. The first-order valence-electron chi connectivity index (χ1n) is 6.77. The lowest BCUT2D eigenvalue weighted by Crippen LogP contribution is -1.84. The summed E-state index contributed by atoms with van der Waals surface area (Å²) in [6.45, 7) is 0. The van der Waals surface area contributed by atoms with Crippen molar-refractivity contribution >= 4 is 34.5 Å². The zero-order chi connectivity index (χ0) is 14.7. The fraction of sp³-hybridized carbons (Fsp3) is 0.0526. The van der Waals surface area contributed by atoms with Crippen molar-refractivity contribution in [1.29, 1.82) is 0 Å². The molecule has 3 aromatic rings. The second-order valence-corrected chi connectivity index (χ2v) is 5.23. The van der Waals surface area contributed by atoms with Crippen molar-refractivity contribution in [3.63, 3.8) is 0 Å². The molecule has 2 heteroatoms. The van der Waals surface area contributed by atoms with E-state index in [1.165, 1.54) is 10.8 Å². The van der Waals surface area contributed by atoms with Gasteiger partial charge in [0, 0.05) is 5.02 Å². The highest BCUT2D eigenvalue weighted by Crippen LogP contribution is 2.24. The third-order valence-corrected chi connectivity index (χ3v) is 3.78. The van der Waals surface area contributed by atoms with E-state index in [1.807, 2.05) is 30.3 Å². The van der Waals surface area contributed by atoms with Gasteiger partial charge in [-0.2, -0.15) is 0 Å². The molecule has 3 aromatic carbocycles. The minimum atomic E-state index is 0.716. The molecule has 0 aliphatic carbocycles. The third-order valence-electron chi connectivity index (χ3n) is 3.43.